The Kier molecular flexibility index (Phi) is 9.15. The number of amides is 3. The molecular weight excluding hydrogens is 763 g/mol. The van der Waals surface area contributed by atoms with Gasteiger partial charge in [-0.1, -0.05) is 17.7 Å². The van der Waals surface area contributed by atoms with Crippen LogP contribution in [0.2, 0.25) is 5.02 Å². The quantitative estimate of drug-likeness (QED) is 0.292. The van der Waals surface area contributed by atoms with Crippen molar-refractivity contribution in [1.82, 2.24) is 38.9 Å². The predicted molar refractivity (Wildman–Crippen MR) is 190 cm³/mol. The van der Waals surface area contributed by atoms with Gasteiger partial charge in [0.1, 0.15) is 18.5 Å². The first-order valence-electron chi connectivity index (χ1n) is 17.8. The lowest BCUT2D eigenvalue weighted by Gasteiger charge is -2.41. The molecule has 3 aromatic heterocycles. The van der Waals surface area contributed by atoms with Gasteiger partial charge >= 0.3 is 6.18 Å². The number of hydrogen-bond acceptors (Lipinski definition) is 11. The number of halogens is 4. The number of anilines is 1. The second-order valence-electron chi connectivity index (χ2n) is 14.6. The standard InChI is InChI=1S/C36H35ClF3N9O7/c1-19-28(51)27(42-18-41-19)31(53)46-11-7-35(8-12-46)26-24(15-56-35)48(14-25(50)43-23-4-3-21(13-22(23)37)36(38,39)40)33-44-29(45-49(33)30(26)52)20-5-9-47(10-6-20)32(54)34(2)16-55-17-34/h3-5,13,18,51H,6-12,14-17H2,1-2H3,(H,43,50). The third kappa shape index (κ3) is 6.36. The molecular formula is C36H35ClF3N9O7. The van der Waals surface area contributed by atoms with E-state index in [4.69, 9.17) is 26.1 Å². The fourth-order valence-corrected chi connectivity index (χ4v) is 7.85. The van der Waals surface area contributed by atoms with Crippen molar-refractivity contribution in [2.75, 3.05) is 44.7 Å². The van der Waals surface area contributed by atoms with Gasteiger partial charge in [0.2, 0.25) is 17.6 Å². The van der Waals surface area contributed by atoms with Gasteiger partial charge in [0.25, 0.3) is 11.5 Å². The molecule has 3 amide bonds. The molecule has 2 saturated heterocycles. The van der Waals surface area contributed by atoms with E-state index < -0.39 is 46.7 Å². The number of ether oxygens (including phenoxy) is 2. The minimum absolute atomic E-state index is 0.0146. The monoisotopic (exact) mass is 797 g/mol. The normalized spacial score (nSPS) is 18.8. The number of fused-ring (bicyclic) bond motifs is 3. The van der Waals surface area contributed by atoms with Crippen molar-refractivity contribution in [3.8, 4) is 5.75 Å². The molecule has 0 radical (unpaired) electrons. The lowest BCUT2D eigenvalue weighted by atomic mass is 9.85. The first-order valence-corrected chi connectivity index (χ1v) is 18.2. The number of aromatic hydroxyl groups is 1. The van der Waals surface area contributed by atoms with Crippen molar-refractivity contribution in [1.29, 1.82) is 0 Å². The van der Waals surface area contributed by atoms with Crippen molar-refractivity contribution in [3.05, 3.63) is 80.0 Å². The Morgan fingerprint density at radius 3 is 2.48 bits per heavy atom. The number of nitrogens with zero attached hydrogens (tertiary/aromatic N) is 8. The Hall–Kier alpha value is -5.40. The molecule has 0 bridgehead atoms. The molecule has 4 aromatic rings. The van der Waals surface area contributed by atoms with E-state index in [-0.39, 0.29) is 83.5 Å². The number of carbonyl (C=O) groups is 3. The van der Waals surface area contributed by atoms with Crippen LogP contribution in [0.5, 0.6) is 5.75 Å². The smallest absolute Gasteiger partial charge is 0.416 e. The Morgan fingerprint density at radius 2 is 1.84 bits per heavy atom. The van der Waals surface area contributed by atoms with Crippen molar-refractivity contribution < 1.29 is 42.1 Å². The Balaban J connectivity index is 1.13. The maximum Gasteiger partial charge on any atom is 0.416 e. The van der Waals surface area contributed by atoms with Crippen molar-refractivity contribution >= 4 is 46.4 Å². The van der Waals surface area contributed by atoms with E-state index in [0.717, 1.165) is 16.6 Å². The van der Waals surface area contributed by atoms with Crippen molar-refractivity contribution in [3.63, 3.8) is 0 Å². The first kappa shape index (κ1) is 37.5. The summed E-state index contributed by atoms with van der Waals surface area (Å²) in [5.41, 5.74) is -1.91. The van der Waals surface area contributed by atoms with Gasteiger partial charge in [-0.15, -0.1) is 5.10 Å². The molecule has 2 N–H and O–H groups in total. The van der Waals surface area contributed by atoms with Crippen LogP contribution in [-0.4, -0.2) is 101 Å². The van der Waals surface area contributed by atoms with Crippen molar-refractivity contribution in [2.45, 2.75) is 58.0 Å². The molecule has 0 aliphatic carbocycles. The highest BCUT2D eigenvalue weighted by atomic mass is 35.5. The summed E-state index contributed by atoms with van der Waals surface area (Å²) >= 11 is 6.14. The maximum absolute atomic E-state index is 14.4. The molecule has 4 aliphatic heterocycles. The second-order valence-corrected chi connectivity index (χ2v) is 15.0. The van der Waals surface area contributed by atoms with Crippen LogP contribution >= 0.6 is 11.6 Å². The highest BCUT2D eigenvalue weighted by Gasteiger charge is 2.48. The molecule has 7 heterocycles. The van der Waals surface area contributed by atoms with E-state index in [9.17, 15) is 37.5 Å². The number of rotatable bonds is 6. The van der Waals surface area contributed by atoms with E-state index in [2.05, 4.69) is 20.4 Å². The maximum atomic E-state index is 14.4. The number of benzene rings is 1. The van der Waals surface area contributed by atoms with Gasteiger partial charge < -0.3 is 34.3 Å². The molecule has 0 atom stereocenters. The van der Waals surface area contributed by atoms with Crippen LogP contribution in [0.15, 0.2) is 35.4 Å². The average Bonchev–Trinajstić information content (AvgIpc) is 3.77. The van der Waals surface area contributed by atoms with E-state index >= 15 is 0 Å². The molecule has 294 valence electrons. The number of carbonyl (C=O) groups excluding carboxylic acids is 3. The van der Waals surface area contributed by atoms with Crippen LogP contribution in [0.3, 0.4) is 0 Å². The molecule has 0 unspecified atom stereocenters. The van der Waals surface area contributed by atoms with Crippen molar-refractivity contribution in [2.24, 2.45) is 5.41 Å². The zero-order chi connectivity index (χ0) is 39.7. The summed E-state index contributed by atoms with van der Waals surface area (Å²) in [5.74, 6) is -1.27. The summed E-state index contributed by atoms with van der Waals surface area (Å²) in [6.07, 6.45) is -0.846. The largest absolute Gasteiger partial charge is 0.504 e. The summed E-state index contributed by atoms with van der Waals surface area (Å²) in [4.78, 5) is 70.3. The van der Waals surface area contributed by atoms with Gasteiger partial charge in [0.05, 0.1) is 58.5 Å². The van der Waals surface area contributed by atoms with Crippen LogP contribution < -0.4 is 10.9 Å². The molecule has 56 heavy (non-hydrogen) atoms. The van der Waals surface area contributed by atoms with Gasteiger partial charge in [-0.2, -0.15) is 22.7 Å². The van der Waals surface area contributed by atoms with Crippen LogP contribution in [0, 0.1) is 12.3 Å². The van der Waals surface area contributed by atoms with Gasteiger partial charge in [-0.05, 0) is 56.9 Å². The number of aromatic nitrogens is 6. The molecule has 1 spiro atoms. The summed E-state index contributed by atoms with van der Waals surface area (Å²) in [5, 5.41) is 17.3. The third-order valence-electron chi connectivity index (χ3n) is 10.9. The summed E-state index contributed by atoms with van der Waals surface area (Å²) in [6.45, 7) is 4.55. The molecule has 20 heteroatoms. The molecule has 1 aromatic carbocycles. The number of likely N-dealkylation sites (tertiary alicyclic amines) is 1. The van der Waals surface area contributed by atoms with Gasteiger partial charge in [0, 0.05) is 26.2 Å². The number of alkyl halides is 3. The van der Waals surface area contributed by atoms with E-state index in [0.29, 0.717) is 50.1 Å². The Morgan fingerprint density at radius 1 is 1.09 bits per heavy atom. The van der Waals surface area contributed by atoms with E-state index in [1.165, 1.54) is 15.8 Å². The lowest BCUT2D eigenvalue weighted by molar-refractivity contribution is -0.168. The number of aryl methyl sites for hydroxylation is 1. The zero-order valence-electron chi connectivity index (χ0n) is 30.2. The number of piperidine rings is 1. The molecule has 2 fully saturated rings. The minimum Gasteiger partial charge on any atom is -0.504 e. The fourth-order valence-electron chi connectivity index (χ4n) is 7.62. The molecule has 0 saturated carbocycles. The fraction of sp³-hybridized carbons (Fsp3) is 0.444. The Bertz CT molecular complexity index is 2400. The zero-order valence-corrected chi connectivity index (χ0v) is 30.9. The molecule has 4 aliphatic rings. The van der Waals surface area contributed by atoms with Crippen LogP contribution in [0.25, 0.3) is 11.4 Å². The lowest BCUT2D eigenvalue weighted by Crippen LogP contribution is -2.54. The summed E-state index contributed by atoms with van der Waals surface area (Å²) in [7, 11) is 0. The highest BCUT2D eigenvalue weighted by molar-refractivity contribution is 6.33. The predicted octanol–water partition coefficient (Wildman–Crippen LogP) is 3.32. The average molecular weight is 798 g/mol. The van der Waals surface area contributed by atoms with Gasteiger partial charge in [0.15, 0.2) is 17.3 Å². The SMILES string of the molecule is Cc1ncnc(C(=O)N2CCC3(CC2)OCc2c3c(=O)n3nc(C4=CCN(C(=O)C5(C)COC5)CC4)nc3n2CC(=O)Nc2ccc(C(F)(F)F)cc2Cl)c1O. The topological polar surface area (TPSA) is 186 Å². The van der Waals surface area contributed by atoms with Gasteiger partial charge in [-0.3, -0.25) is 19.2 Å². The number of nitrogens with one attached hydrogen (secondary N) is 1. The van der Waals surface area contributed by atoms with E-state index in [1.54, 1.807) is 11.8 Å². The number of hydrogen-bond donors (Lipinski definition) is 2. The van der Waals surface area contributed by atoms with Crippen LogP contribution in [0.1, 0.15) is 65.0 Å². The van der Waals surface area contributed by atoms with Gasteiger partial charge in [-0.25, -0.2) is 9.97 Å². The minimum atomic E-state index is -4.64. The highest BCUT2D eigenvalue weighted by Crippen LogP contribution is 2.43. The Labute approximate surface area is 320 Å². The molecule has 16 nitrogen and oxygen atoms in total. The summed E-state index contributed by atoms with van der Waals surface area (Å²) in [6, 6.07) is 2.57. The second kappa shape index (κ2) is 13.7. The first-order chi connectivity index (χ1) is 26.6. The van der Waals surface area contributed by atoms with Crippen LogP contribution in [-0.2, 0) is 44.0 Å². The molecule has 8 rings (SSSR count). The third-order valence-corrected chi connectivity index (χ3v) is 11.2. The summed E-state index contributed by atoms with van der Waals surface area (Å²) < 4.78 is 54.0. The van der Waals surface area contributed by atoms with E-state index in [1.807, 2.05) is 13.0 Å². The van der Waals surface area contributed by atoms with Crippen LogP contribution in [0.4, 0.5) is 18.9 Å².